The van der Waals surface area contributed by atoms with E-state index in [2.05, 4.69) is 20.4 Å². The molecule has 2 aromatic rings. The van der Waals surface area contributed by atoms with Gasteiger partial charge in [0.15, 0.2) is 0 Å². The summed E-state index contributed by atoms with van der Waals surface area (Å²) in [6, 6.07) is 8.80. The fourth-order valence-corrected chi connectivity index (χ4v) is 5.40. The van der Waals surface area contributed by atoms with Crippen molar-refractivity contribution < 1.29 is 14.3 Å². The lowest BCUT2D eigenvalue weighted by Gasteiger charge is -2.55. The Kier molecular flexibility index (Phi) is 4.63. The molecule has 0 bridgehead atoms. The summed E-state index contributed by atoms with van der Waals surface area (Å²) >= 11 is 0. The molecular weight excluding hydrogens is 340 g/mol. The zero-order valence-corrected chi connectivity index (χ0v) is 16.1. The molecule has 0 unspecified atom stereocenters. The maximum Gasteiger partial charge on any atom is 0.336 e. The van der Waals surface area contributed by atoms with Gasteiger partial charge in [-0.3, -0.25) is 0 Å². The molecule has 4 nitrogen and oxygen atoms in total. The van der Waals surface area contributed by atoms with E-state index in [1.807, 2.05) is 12.1 Å². The van der Waals surface area contributed by atoms with Crippen LogP contribution in [0.2, 0.25) is 0 Å². The first kappa shape index (κ1) is 18.3. The van der Waals surface area contributed by atoms with E-state index in [9.17, 15) is 9.90 Å². The van der Waals surface area contributed by atoms with E-state index in [0.717, 1.165) is 31.1 Å². The van der Waals surface area contributed by atoms with Crippen LogP contribution < -0.4 is 10.4 Å². The predicted octanol–water partition coefficient (Wildman–Crippen LogP) is 4.55. The van der Waals surface area contributed by atoms with Crippen molar-refractivity contribution in [1.82, 2.24) is 0 Å². The second-order valence-corrected chi connectivity index (χ2v) is 8.59. The number of rotatable bonds is 3. The smallest absolute Gasteiger partial charge is 0.336 e. The summed E-state index contributed by atoms with van der Waals surface area (Å²) < 4.78 is 11.4. The van der Waals surface area contributed by atoms with Crippen LogP contribution in [0.4, 0.5) is 0 Å². The van der Waals surface area contributed by atoms with Gasteiger partial charge in [0.2, 0.25) is 0 Å². The van der Waals surface area contributed by atoms with Crippen molar-refractivity contribution in [2.45, 2.75) is 45.6 Å². The summed E-state index contributed by atoms with van der Waals surface area (Å²) in [5.41, 5.74) is 1.55. The summed E-state index contributed by atoms with van der Waals surface area (Å²) in [6.45, 7) is 9.44. The van der Waals surface area contributed by atoms with Gasteiger partial charge in [-0.05, 0) is 61.1 Å². The highest BCUT2D eigenvalue weighted by molar-refractivity contribution is 5.77. The van der Waals surface area contributed by atoms with Crippen LogP contribution in [0.5, 0.6) is 5.75 Å². The van der Waals surface area contributed by atoms with Crippen LogP contribution in [-0.4, -0.2) is 17.8 Å². The van der Waals surface area contributed by atoms with E-state index in [-0.39, 0.29) is 23.1 Å². The van der Waals surface area contributed by atoms with Gasteiger partial charge >= 0.3 is 5.63 Å². The Morgan fingerprint density at radius 2 is 2.07 bits per heavy atom. The molecule has 5 atom stereocenters. The Hall–Kier alpha value is -2.07. The molecule has 0 amide bonds. The zero-order valence-electron chi connectivity index (χ0n) is 16.1. The van der Waals surface area contributed by atoms with Crippen molar-refractivity contribution in [3.05, 3.63) is 52.9 Å². The lowest BCUT2D eigenvalue weighted by Crippen LogP contribution is -2.51. The van der Waals surface area contributed by atoms with E-state index < -0.39 is 0 Å². The van der Waals surface area contributed by atoms with Crippen molar-refractivity contribution in [1.29, 1.82) is 0 Å². The fourth-order valence-electron chi connectivity index (χ4n) is 5.40. The molecule has 4 rings (SSSR count). The average Bonchev–Trinajstić information content (AvgIpc) is 2.64. The highest BCUT2D eigenvalue weighted by Gasteiger charge is 2.51. The van der Waals surface area contributed by atoms with Crippen molar-refractivity contribution in [3.8, 4) is 5.75 Å². The van der Waals surface area contributed by atoms with Gasteiger partial charge < -0.3 is 14.3 Å². The minimum absolute atomic E-state index is 0.109. The van der Waals surface area contributed by atoms with Gasteiger partial charge in [0.1, 0.15) is 11.3 Å². The molecule has 2 aliphatic carbocycles. The topological polar surface area (TPSA) is 59.7 Å². The molecule has 1 aromatic heterocycles. The van der Waals surface area contributed by atoms with Gasteiger partial charge in [-0.2, -0.15) is 0 Å². The number of benzene rings is 1. The van der Waals surface area contributed by atoms with Gasteiger partial charge in [0, 0.05) is 23.4 Å². The average molecular weight is 368 g/mol. The number of fused-ring (bicyclic) bond motifs is 2. The molecule has 27 heavy (non-hydrogen) atoms. The standard InChI is InChI=1S/C23H28O4/c1-14-4-8-18-15(2)20(24)10-11-23(18,3)19(14)13-26-17-7-5-16-6-9-22(25)27-21(16)12-17/h5-7,9,12,15,18-20,24H,1,4,8,10-11,13H2,2-3H3/t15-,18+,19+,20+,23-/m1/s1. The Morgan fingerprint density at radius 1 is 1.30 bits per heavy atom. The normalized spacial score (nSPS) is 33.7. The Labute approximate surface area is 159 Å². The summed E-state index contributed by atoms with van der Waals surface area (Å²) in [7, 11) is 0. The third-order valence-corrected chi connectivity index (χ3v) is 7.14. The first-order chi connectivity index (χ1) is 12.9. The van der Waals surface area contributed by atoms with E-state index in [1.165, 1.54) is 11.6 Å². The highest BCUT2D eigenvalue weighted by atomic mass is 16.5. The van der Waals surface area contributed by atoms with Crippen LogP contribution in [0.15, 0.2) is 51.7 Å². The number of hydrogen-bond donors (Lipinski definition) is 1. The van der Waals surface area contributed by atoms with Crippen molar-refractivity contribution in [2.24, 2.45) is 23.2 Å². The van der Waals surface area contributed by atoms with Crippen LogP contribution in [-0.2, 0) is 0 Å². The molecule has 2 aliphatic rings. The van der Waals surface area contributed by atoms with Crippen molar-refractivity contribution >= 4 is 11.0 Å². The third kappa shape index (κ3) is 3.20. The maximum atomic E-state index is 11.5. The minimum atomic E-state index is -0.356. The second kappa shape index (κ2) is 6.83. The van der Waals surface area contributed by atoms with E-state index in [1.54, 1.807) is 12.1 Å². The van der Waals surface area contributed by atoms with E-state index in [4.69, 9.17) is 9.15 Å². The van der Waals surface area contributed by atoms with Crippen LogP contribution in [0, 0.1) is 23.2 Å². The van der Waals surface area contributed by atoms with Crippen LogP contribution >= 0.6 is 0 Å². The summed E-state index contributed by atoms with van der Waals surface area (Å²) in [4.78, 5) is 11.5. The van der Waals surface area contributed by atoms with Gasteiger partial charge in [-0.15, -0.1) is 0 Å². The fraction of sp³-hybridized carbons (Fsp3) is 0.522. The highest BCUT2D eigenvalue weighted by Crippen LogP contribution is 2.56. The monoisotopic (exact) mass is 368 g/mol. The first-order valence-corrected chi connectivity index (χ1v) is 9.91. The molecule has 144 valence electrons. The Morgan fingerprint density at radius 3 is 2.89 bits per heavy atom. The molecule has 1 aromatic carbocycles. The molecular formula is C23H28O4. The number of hydrogen-bond acceptors (Lipinski definition) is 4. The molecule has 0 radical (unpaired) electrons. The SMILES string of the molecule is C=C1CC[C@H]2[C@@H](C)[C@@H](O)CC[C@@]2(C)[C@H]1COc1ccc2ccc(=O)oc2c1. The number of aliphatic hydroxyl groups is 1. The second-order valence-electron chi connectivity index (χ2n) is 8.59. The lowest BCUT2D eigenvalue weighted by molar-refractivity contribution is -0.0779. The molecule has 2 fully saturated rings. The van der Waals surface area contributed by atoms with Crippen molar-refractivity contribution in [2.75, 3.05) is 6.61 Å². The van der Waals surface area contributed by atoms with Gasteiger partial charge in [-0.1, -0.05) is 26.0 Å². The van der Waals surface area contributed by atoms with Crippen LogP contribution in [0.3, 0.4) is 0 Å². The molecule has 0 aliphatic heterocycles. The minimum Gasteiger partial charge on any atom is -0.493 e. The van der Waals surface area contributed by atoms with Crippen LogP contribution in [0.1, 0.15) is 39.5 Å². The largest absolute Gasteiger partial charge is 0.493 e. The summed E-state index contributed by atoms with van der Waals surface area (Å²) in [5, 5.41) is 11.2. The Balaban J connectivity index is 1.56. The van der Waals surface area contributed by atoms with E-state index >= 15 is 0 Å². The number of ether oxygens (including phenoxy) is 1. The van der Waals surface area contributed by atoms with Gasteiger partial charge in [-0.25, -0.2) is 4.79 Å². The molecule has 1 heterocycles. The summed E-state index contributed by atoms with van der Waals surface area (Å²) in [6.07, 6.45) is 3.75. The molecule has 2 saturated carbocycles. The summed E-state index contributed by atoms with van der Waals surface area (Å²) in [5.74, 6) is 1.79. The molecule has 1 N–H and O–H groups in total. The third-order valence-electron chi connectivity index (χ3n) is 7.14. The number of aliphatic hydroxyl groups excluding tert-OH is 1. The zero-order chi connectivity index (χ0) is 19.2. The predicted molar refractivity (Wildman–Crippen MR) is 106 cm³/mol. The molecule has 0 saturated heterocycles. The van der Waals surface area contributed by atoms with Crippen molar-refractivity contribution in [3.63, 3.8) is 0 Å². The maximum absolute atomic E-state index is 11.5. The van der Waals surface area contributed by atoms with Crippen LogP contribution in [0.25, 0.3) is 11.0 Å². The van der Waals surface area contributed by atoms with Gasteiger partial charge in [0.05, 0.1) is 12.7 Å². The van der Waals surface area contributed by atoms with Gasteiger partial charge in [0.25, 0.3) is 0 Å². The molecule has 4 heteroatoms. The Bertz CT molecular complexity index is 914. The van der Waals surface area contributed by atoms with E-state index in [0.29, 0.717) is 29.8 Å². The quantitative estimate of drug-likeness (QED) is 0.638. The first-order valence-electron chi connectivity index (χ1n) is 9.91. The lowest BCUT2D eigenvalue weighted by atomic mass is 9.51. The molecule has 0 spiro atoms.